The monoisotopic (exact) mass is 342 g/mol. The lowest BCUT2D eigenvalue weighted by Gasteiger charge is -2.37. The summed E-state index contributed by atoms with van der Waals surface area (Å²) in [5.74, 6) is 1.21. The number of nitrogens with zero attached hydrogens (tertiary/aromatic N) is 1. The second-order valence-corrected chi connectivity index (χ2v) is 6.15. The Morgan fingerprint density at radius 2 is 2.08 bits per heavy atom. The van der Waals surface area contributed by atoms with E-state index in [1.54, 1.807) is 31.5 Å². The topological polar surface area (TPSA) is 80.7 Å². The molecule has 2 N–H and O–H groups in total. The summed E-state index contributed by atoms with van der Waals surface area (Å²) in [6.45, 7) is -0.0915. The van der Waals surface area contributed by atoms with E-state index in [0.29, 0.717) is 24.3 Å². The predicted molar refractivity (Wildman–Crippen MR) is 92.3 cm³/mol. The van der Waals surface area contributed by atoms with Crippen LogP contribution in [-0.2, 0) is 4.79 Å². The molecule has 0 aliphatic heterocycles. The Kier molecular flexibility index (Phi) is 5.50. The Morgan fingerprint density at radius 3 is 2.76 bits per heavy atom. The van der Waals surface area contributed by atoms with Crippen LogP contribution in [0.5, 0.6) is 11.5 Å². The van der Waals surface area contributed by atoms with Gasteiger partial charge in [-0.2, -0.15) is 0 Å². The minimum absolute atomic E-state index is 0.0915. The van der Waals surface area contributed by atoms with Crippen molar-refractivity contribution in [1.82, 2.24) is 10.3 Å². The molecule has 1 aromatic heterocycles. The molecule has 6 heteroatoms. The van der Waals surface area contributed by atoms with Gasteiger partial charge >= 0.3 is 0 Å². The standard InChI is InChI=1S/C19H22N2O4/c1-24-15-5-4-6-16(11-15)25-12-18(23)21-19(13-9-14(22)10-13)17-7-2-3-8-20-17/h2-8,11,13-14,19,22H,9-10,12H2,1H3,(H,21,23). The summed E-state index contributed by atoms with van der Waals surface area (Å²) in [5, 5.41) is 12.6. The lowest BCUT2D eigenvalue weighted by atomic mass is 9.76. The second kappa shape index (κ2) is 7.98. The fourth-order valence-electron chi connectivity index (χ4n) is 2.95. The van der Waals surface area contributed by atoms with Crippen molar-refractivity contribution >= 4 is 5.91 Å². The first kappa shape index (κ1) is 17.2. The van der Waals surface area contributed by atoms with Gasteiger partial charge < -0.3 is 19.9 Å². The van der Waals surface area contributed by atoms with Crippen molar-refractivity contribution in [2.75, 3.05) is 13.7 Å². The maximum Gasteiger partial charge on any atom is 0.258 e. The van der Waals surface area contributed by atoms with Crippen LogP contribution in [0.15, 0.2) is 48.7 Å². The van der Waals surface area contributed by atoms with E-state index in [0.717, 1.165) is 5.69 Å². The number of methoxy groups -OCH3 is 1. The molecule has 1 aliphatic carbocycles. The predicted octanol–water partition coefficient (Wildman–Crippen LogP) is 2.10. The van der Waals surface area contributed by atoms with E-state index in [9.17, 15) is 9.90 Å². The van der Waals surface area contributed by atoms with Crippen molar-refractivity contribution in [3.63, 3.8) is 0 Å². The number of nitrogens with one attached hydrogen (secondary N) is 1. The average molecular weight is 342 g/mol. The average Bonchev–Trinajstić information content (AvgIpc) is 2.63. The Labute approximate surface area is 146 Å². The minimum atomic E-state index is -0.291. The van der Waals surface area contributed by atoms with E-state index in [1.807, 2.05) is 24.3 Å². The van der Waals surface area contributed by atoms with Gasteiger partial charge in [-0.3, -0.25) is 9.78 Å². The number of hydrogen-bond acceptors (Lipinski definition) is 5. The summed E-state index contributed by atoms with van der Waals surface area (Å²) in [7, 11) is 1.58. The summed E-state index contributed by atoms with van der Waals surface area (Å²) in [6.07, 6.45) is 2.74. The summed E-state index contributed by atoms with van der Waals surface area (Å²) in [4.78, 5) is 16.7. The number of benzene rings is 1. The quantitative estimate of drug-likeness (QED) is 0.805. The molecule has 0 spiro atoms. The highest BCUT2D eigenvalue weighted by Gasteiger charge is 2.36. The van der Waals surface area contributed by atoms with Crippen molar-refractivity contribution in [3.05, 3.63) is 54.4 Å². The SMILES string of the molecule is COc1cccc(OCC(=O)NC(c2ccccn2)C2CC(O)C2)c1. The lowest BCUT2D eigenvalue weighted by molar-refractivity contribution is -0.125. The highest BCUT2D eigenvalue weighted by molar-refractivity contribution is 5.78. The maximum atomic E-state index is 12.3. The number of aliphatic hydroxyl groups is 1. The smallest absolute Gasteiger partial charge is 0.258 e. The maximum absolute atomic E-state index is 12.3. The van der Waals surface area contributed by atoms with Gasteiger partial charge in [0.2, 0.25) is 0 Å². The van der Waals surface area contributed by atoms with E-state index in [1.165, 1.54) is 0 Å². The van der Waals surface area contributed by atoms with Crippen molar-refractivity contribution in [1.29, 1.82) is 0 Å². The second-order valence-electron chi connectivity index (χ2n) is 6.15. The highest BCUT2D eigenvalue weighted by atomic mass is 16.5. The van der Waals surface area contributed by atoms with Crippen molar-refractivity contribution < 1.29 is 19.4 Å². The molecule has 1 amide bonds. The number of ether oxygens (including phenoxy) is 2. The van der Waals surface area contributed by atoms with Gasteiger partial charge in [-0.25, -0.2) is 0 Å². The van der Waals surface area contributed by atoms with E-state index < -0.39 is 0 Å². The fraction of sp³-hybridized carbons (Fsp3) is 0.368. The molecule has 6 nitrogen and oxygen atoms in total. The van der Waals surface area contributed by atoms with E-state index >= 15 is 0 Å². The van der Waals surface area contributed by atoms with Gasteiger partial charge in [0.25, 0.3) is 5.91 Å². The number of hydrogen-bond donors (Lipinski definition) is 2. The molecular weight excluding hydrogens is 320 g/mol. The third kappa shape index (κ3) is 4.48. The van der Waals surface area contributed by atoms with Gasteiger partial charge in [-0.1, -0.05) is 12.1 Å². The fourth-order valence-corrected chi connectivity index (χ4v) is 2.95. The minimum Gasteiger partial charge on any atom is -0.497 e. The van der Waals surface area contributed by atoms with Gasteiger partial charge in [0.1, 0.15) is 11.5 Å². The van der Waals surface area contributed by atoms with Crippen LogP contribution in [-0.4, -0.2) is 35.8 Å². The number of pyridine rings is 1. The summed E-state index contributed by atoms with van der Waals surface area (Å²) >= 11 is 0. The summed E-state index contributed by atoms with van der Waals surface area (Å²) in [5.41, 5.74) is 0.800. The molecule has 1 heterocycles. The Balaban J connectivity index is 1.60. The number of carbonyl (C=O) groups excluding carboxylic acids is 1. The van der Waals surface area contributed by atoms with Crippen molar-refractivity contribution in [2.24, 2.45) is 5.92 Å². The molecular formula is C19H22N2O4. The third-order valence-electron chi connectivity index (χ3n) is 4.36. The van der Waals surface area contributed by atoms with Gasteiger partial charge in [-0.15, -0.1) is 0 Å². The molecule has 1 fully saturated rings. The summed E-state index contributed by atoms with van der Waals surface area (Å²) < 4.78 is 10.7. The molecule has 1 atom stereocenters. The largest absolute Gasteiger partial charge is 0.497 e. The van der Waals surface area contributed by atoms with Crippen LogP contribution in [0, 0.1) is 5.92 Å². The van der Waals surface area contributed by atoms with Crippen LogP contribution in [0.1, 0.15) is 24.6 Å². The normalized spacial score (nSPS) is 20.2. The van der Waals surface area contributed by atoms with Crippen molar-refractivity contribution in [2.45, 2.75) is 25.0 Å². The molecule has 0 radical (unpaired) electrons. The van der Waals surface area contributed by atoms with Gasteiger partial charge in [0.15, 0.2) is 6.61 Å². The number of amides is 1. The lowest BCUT2D eigenvalue weighted by Crippen LogP contribution is -2.43. The number of rotatable bonds is 7. The number of aromatic nitrogens is 1. The Morgan fingerprint density at radius 1 is 1.28 bits per heavy atom. The molecule has 25 heavy (non-hydrogen) atoms. The molecule has 1 aliphatic rings. The molecule has 0 saturated heterocycles. The number of aliphatic hydroxyl groups excluding tert-OH is 1. The first-order valence-corrected chi connectivity index (χ1v) is 8.31. The molecule has 1 unspecified atom stereocenters. The molecule has 132 valence electrons. The first-order valence-electron chi connectivity index (χ1n) is 8.31. The Bertz CT molecular complexity index is 702. The first-order chi connectivity index (χ1) is 12.2. The van der Waals surface area contributed by atoms with Crippen LogP contribution in [0.4, 0.5) is 0 Å². The zero-order valence-corrected chi connectivity index (χ0v) is 14.1. The molecule has 0 bridgehead atoms. The van der Waals surface area contributed by atoms with Crippen LogP contribution in [0.2, 0.25) is 0 Å². The van der Waals surface area contributed by atoms with Crippen molar-refractivity contribution in [3.8, 4) is 11.5 Å². The zero-order chi connectivity index (χ0) is 17.6. The van der Waals surface area contributed by atoms with E-state index in [2.05, 4.69) is 10.3 Å². The van der Waals surface area contributed by atoms with Crippen LogP contribution >= 0.6 is 0 Å². The van der Waals surface area contributed by atoms with Gasteiger partial charge in [0.05, 0.1) is 24.9 Å². The molecule has 1 saturated carbocycles. The molecule has 2 aromatic rings. The summed E-state index contributed by atoms with van der Waals surface area (Å²) in [6, 6.07) is 12.5. The van der Waals surface area contributed by atoms with E-state index in [-0.39, 0.29) is 30.6 Å². The molecule has 1 aromatic carbocycles. The van der Waals surface area contributed by atoms with Crippen LogP contribution in [0.3, 0.4) is 0 Å². The van der Waals surface area contributed by atoms with Crippen LogP contribution < -0.4 is 14.8 Å². The highest BCUT2D eigenvalue weighted by Crippen LogP contribution is 2.37. The number of carbonyl (C=O) groups is 1. The Hall–Kier alpha value is -2.60. The van der Waals surface area contributed by atoms with E-state index in [4.69, 9.17) is 9.47 Å². The van der Waals surface area contributed by atoms with Gasteiger partial charge in [-0.05, 0) is 43.0 Å². The van der Waals surface area contributed by atoms with Crippen LogP contribution in [0.25, 0.3) is 0 Å². The molecule has 3 rings (SSSR count). The zero-order valence-electron chi connectivity index (χ0n) is 14.1. The third-order valence-corrected chi connectivity index (χ3v) is 4.36. The van der Waals surface area contributed by atoms with Gasteiger partial charge in [0, 0.05) is 12.3 Å².